The van der Waals surface area contributed by atoms with E-state index in [-0.39, 0.29) is 17.9 Å². The number of nitrogens with two attached hydrogens (primary N) is 2. The minimum atomic E-state index is -0.222. The minimum Gasteiger partial charge on any atom is -0.369 e. The van der Waals surface area contributed by atoms with Gasteiger partial charge in [0.2, 0.25) is 5.91 Å². The van der Waals surface area contributed by atoms with Crippen molar-refractivity contribution in [3.8, 4) is 0 Å². The fourth-order valence-electron chi connectivity index (χ4n) is 2.53. The van der Waals surface area contributed by atoms with E-state index < -0.39 is 0 Å². The van der Waals surface area contributed by atoms with Gasteiger partial charge in [-0.2, -0.15) is 0 Å². The molecule has 1 fully saturated rings. The zero-order valence-corrected chi connectivity index (χ0v) is 11.5. The monoisotopic (exact) mass is 262 g/mol. The highest BCUT2D eigenvalue weighted by Crippen LogP contribution is 2.27. The summed E-state index contributed by atoms with van der Waals surface area (Å²) in [6.07, 6.45) is 3.59. The average molecular weight is 262 g/mol. The molecule has 1 aliphatic rings. The molecule has 2 rings (SSSR count). The Labute approximate surface area is 114 Å². The van der Waals surface area contributed by atoms with Gasteiger partial charge < -0.3 is 16.4 Å². The third-order valence-electron chi connectivity index (χ3n) is 3.87. The number of piperidine rings is 1. The predicted octanol–water partition coefficient (Wildman–Crippen LogP) is 1.19. The summed E-state index contributed by atoms with van der Waals surface area (Å²) in [6, 6.07) is 4.28. The van der Waals surface area contributed by atoms with Crippen LogP contribution in [0.15, 0.2) is 18.3 Å². The minimum absolute atomic E-state index is 0.0196. The van der Waals surface area contributed by atoms with Crippen LogP contribution in [0.4, 0.5) is 5.82 Å². The molecule has 0 aliphatic carbocycles. The summed E-state index contributed by atoms with van der Waals surface area (Å²) in [5, 5.41) is 0. The first-order chi connectivity index (χ1) is 8.99. The van der Waals surface area contributed by atoms with Crippen molar-refractivity contribution in [2.24, 2.45) is 17.4 Å². The maximum Gasteiger partial charge on any atom is 0.222 e. The molecule has 1 amide bonds. The van der Waals surface area contributed by atoms with Crippen LogP contribution in [0.1, 0.15) is 38.3 Å². The molecule has 1 aromatic rings. The van der Waals surface area contributed by atoms with Gasteiger partial charge in [0.05, 0.1) is 5.92 Å². The van der Waals surface area contributed by atoms with E-state index in [1.54, 1.807) is 6.20 Å². The molecule has 0 bridgehead atoms. The van der Waals surface area contributed by atoms with E-state index in [1.165, 1.54) is 0 Å². The molecule has 2 heterocycles. The Bertz CT molecular complexity index is 461. The number of anilines is 1. The van der Waals surface area contributed by atoms with Crippen molar-refractivity contribution >= 4 is 11.7 Å². The van der Waals surface area contributed by atoms with Crippen LogP contribution >= 0.6 is 0 Å². The highest BCUT2D eigenvalue weighted by molar-refractivity contribution is 5.77. The zero-order valence-electron chi connectivity index (χ0n) is 11.5. The van der Waals surface area contributed by atoms with Crippen molar-refractivity contribution < 1.29 is 4.79 Å². The van der Waals surface area contributed by atoms with E-state index in [4.69, 9.17) is 11.5 Å². The number of hydrogen-bond acceptors (Lipinski definition) is 4. The van der Waals surface area contributed by atoms with E-state index in [0.29, 0.717) is 12.6 Å². The van der Waals surface area contributed by atoms with E-state index in [0.717, 1.165) is 24.2 Å². The van der Waals surface area contributed by atoms with Gasteiger partial charge in [-0.1, -0.05) is 0 Å². The van der Waals surface area contributed by atoms with Gasteiger partial charge in [-0.05, 0) is 44.4 Å². The lowest BCUT2D eigenvalue weighted by Gasteiger charge is -2.38. The number of amides is 1. The maximum absolute atomic E-state index is 11.4. The molecule has 1 aliphatic heterocycles. The number of pyridine rings is 1. The molecule has 5 nitrogen and oxygen atoms in total. The fraction of sp³-hybridized carbons (Fsp3) is 0.571. The predicted molar refractivity (Wildman–Crippen MR) is 75.6 cm³/mol. The van der Waals surface area contributed by atoms with Crippen LogP contribution in [0.2, 0.25) is 0 Å². The lowest BCUT2D eigenvalue weighted by molar-refractivity contribution is -0.122. The first-order valence-corrected chi connectivity index (χ1v) is 6.76. The number of rotatable bonds is 3. The van der Waals surface area contributed by atoms with Crippen LogP contribution in [0.3, 0.4) is 0 Å². The van der Waals surface area contributed by atoms with Gasteiger partial charge in [0, 0.05) is 24.8 Å². The Morgan fingerprint density at radius 3 is 2.89 bits per heavy atom. The molecule has 0 radical (unpaired) electrons. The van der Waals surface area contributed by atoms with E-state index in [1.807, 2.05) is 19.1 Å². The number of primary amides is 1. The van der Waals surface area contributed by atoms with Crippen molar-refractivity contribution in [3.05, 3.63) is 23.9 Å². The molecule has 104 valence electrons. The second-order valence-electron chi connectivity index (χ2n) is 5.41. The summed E-state index contributed by atoms with van der Waals surface area (Å²) in [5.41, 5.74) is 12.4. The number of nitrogens with zero attached hydrogens (tertiary/aromatic N) is 2. The SMILES string of the molecule is CC(N)c1ccnc(N2CC(C(N)=O)CCC2C)c1. The van der Waals surface area contributed by atoms with Crippen LogP contribution in [0.5, 0.6) is 0 Å². The summed E-state index contributed by atoms with van der Waals surface area (Å²) in [4.78, 5) is 17.9. The van der Waals surface area contributed by atoms with Crippen LogP contribution in [-0.2, 0) is 4.79 Å². The highest BCUT2D eigenvalue weighted by Gasteiger charge is 2.29. The Balaban J connectivity index is 2.23. The van der Waals surface area contributed by atoms with Crippen molar-refractivity contribution in [3.63, 3.8) is 0 Å². The average Bonchev–Trinajstić information content (AvgIpc) is 2.39. The van der Waals surface area contributed by atoms with E-state index >= 15 is 0 Å². The molecule has 0 spiro atoms. The van der Waals surface area contributed by atoms with Gasteiger partial charge in [0.25, 0.3) is 0 Å². The third-order valence-corrected chi connectivity index (χ3v) is 3.87. The third kappa shape index (κ3) is 3.04. The fourth-order valence-corrected chi connectivity index (χ4v) is 2.53. The topological polar surface area (TPSA) is 85.2 Å². The molecule has 3 unspecified atom stereocenters. The molecule has 3 atom stereocenters. The standard InChI is InChI=1S/C14H22N4O/c1-9-3-4-12(14(16)19)8-18(9)13-7-11(10(2)15)5-6-17-13/h5-7,9-10,12H,3-4,8,15H2,1-2H3,(H2,16,19). The molecule has 1 saturated heterocycles. The molecule has 5 heteroatoms. The van der Waals surface area contributed by atoms with Gasteiger partial charge >= 0.3 is 0 Å². The van der Waals surface area contributed by atoms with Gasteiger partial charge in [-0.3, -0.25) is 4.79 Å². The number of carbonyl (C=O) groups excluding carboxylic acids is 1. The molecule has 19 heavy (non-hydrogen) atoms. The summed E-state index contributed by atoms with van der Waals surface area (Å²) in [5.74, 6) is 0.574. The zero-order chi connectivity index (χ0) is 14.0. The number of hydrogen-bond donors (Lipinski definition) is 2. The van der Waals surface area contributed by atoms with E-state index in [2.05, 4.69) is 16.8 Å². The molecule has 0 aromatic carbocycles. The smallest absolute Gasteiger partial charge is 0.222 e. The second-order valence-corrected chi connectivity index (χ2v) is 5.41. The van der Waals surface area contributed by atoms with Crippen LogP contribution in [0.25, 0.3) is 0 Å². The lowest BCUT2D eigenvalue weighted by Crippen LogP contribution is -2.46. The maximum atomic E-state index is 11.4. The van der Waals surface area contributed by atoms with Gasteiger partial charge in [-0.25, -0.2) is 4.98 Å². The Morgan fingerprint density at radius 1 is 1.53 bits per heavy atom. The lowest BCUT2D eigenvalue weighted by atomic mass is 9.93. The van der Waals surface area contributed by atoms with Gasteiger partial charge in [0.1, 0.15) is 5.82 Å². The number of carbonyl (C=O) groups is 1. The Kier molecular flexibility index (Phi) is 4.04. The van der Waals surface area contributed by atoms with Gasteiger partial charge in [0.15, 0.2) is 0 Å². The molecule has 0 saturated carbocycles. The first-order valence-electron chi connectivity index (χ1n) is 6.76. The largest absolute Gasteiger partial charge is 0.369 e. The van der Waals surface area contributed by atoms with Gasteiger partial charge in [-0.15, -0.1) is 0 Å². The first kappa shape index (κ1) is 13.8. The van der Waals surface area contributed by atoms with Crippen LogP contribution in [0, 0.1) is 5.92 Å². The summed E-state index contributed by atoms with van der Waals surface area (Å²) in [6.45, 7) is 4.74. The van der Waals surface area contributed by atoms with Crippen molar-refractivity contribution in [1.82, 2.24) is 4.98 Å². The summed E-state index contributed by atoms with van der Waals surface area (Å²) < 4.78 is 0. The summed E-state index contributed by atoms with van der Waals surface area (Å²) >= 11 is 0. The number of aromatic nitrogens is 1. The highest BCUT2D eigenvalue weighted by atomic mass is 16.1. The van der Waals surface area contributed by atoms with Crippen molar-refractivity contribution in [2.75, 3.05) is 11.4 Å². The normalized spacial score (nSPS) is 25.1. The Morgan fingerprint density at radius 2 is 2.26 bits per heavy atom. The van der Waals surface area contributed by atoms with E-state index in [9.17, 15) is 4.79 Å². The Hall–Kier alpha value is -1.62. The van der Waals surface area contributed by atoms with Crippen LogP contribution in [-0.4, -0.2) is 23.5 Å². The van der Waals surface area contributed by atoms with Crippen molar-refractivity contribution in [1.29, 1.82) is 0 Å². The molecular weight excluding hydrogens is 240 g/mol. The van der Waals surface area contributed by atoms with Crippen LogP contribution < -0.4 is 16.4 Å². The molecule has 4 N–H and O–H groups in total. The molecular formula is C14H22N4O. The second kappa shape index (κ2) is 5.57. The summed E-state index contributed by atoms with van der Waals surface area (Å²) in [7, 11) is 0. The van der Waals surface area contributed by atoms with Crippen molar-refractivity contribution in [2.45, 2.75) is 38.8 Å². The quantitative estimate of drug-likeness (QED) is 0.857. The molecule has 1 aromatic heterocycles.